The number of hydrogen-bond acceptors (Lipinski definition) is 6. The number of nitrogens with zero attached hydrogens (tertiary/aromatic N) is 5. The van der Waals surface area contributed by atoms with Gasteiger partial charge in [-0.25, -0.2) is 4.98 Å². The van der Waals surface area contributed by atoms with Crippen LogP contribution in [0.2, 0.25) is 0 Å². The molecule has 0 aliphatic heterocycles. The third-order valence-corrected chi connectivity index (χ3v) is 4.71. The molecule has 1 fully saturated rings. The van der Waals surface area contributed by atoms with Gasteiger partial charge < -0.3 is 5.73 Å². The van der Waals surface area contributed by atoms with Crippen LogP contribution in [-0.4, -0.2) is 24.8 Å². The Balaban J connectivity index is 1.79. The maximum atomic E-state index is 5.73. The molecule has 0 spiro atoms. The van der Waals surface area contributed by atoms with Crippen LogP contribution in [-0.2, 0) is 0 Å². The van der Waals surface area contributed by atoms with Crippen LogP contribution in [0.25, 0.3) is 15.5 Å². The van der Waals surface area contributed by atoms with Gasteiger partial charge in [-0.3, -0.25) is 0 Å². The van der Waals surface area contributed by atoms with Crippen molar-refractivity contribution < 1.29 is 0 Å². The van der Waals surface area contributed by atoms with E-state index in [1.54, 1.807) is 6.20 Å². The lowest BCUT2D eigenvalue weighted by molar-refractivity contribution is 0.641. The monoisotopic (exact) mass is 286 g/mol. The van der Waals surface area contributed by atoms with Crippen molar-refractivity contribution in [3.8, 4) is 10.6 Å². The van der Waals surface area contributed by atoms with Gasteiger partial charge in [-0.15, -0.1) is 10.2 Å². The Morgan fingerprint density at radius 1 is 1.25 bits per heavy atom. The summed E-state index contributed by atoms with van der Waals surface area (Å²) in [6.07, 6.45) is 6.63. The van der Waals surface area contributed by atoms with Crippen LogP contribution in [0.3, 0.4) is 0 Å². The fourth-order valence-electron chi connectivity index (χ4n) is 2.77. The highest BCUT2D eigenvalue weighted by Gasteiger charge is 2.24. The number of anilines is 1. The molecule has 3 aromatic heterocycles. The van der Waals surface area contributed by atoms with Crippen molar-refractivity contribution in [2.75, 3.05) is 5.73 Å². The van der Waals surface area contributed by atoms with E-state index in [2.05, 4.69) is 20.3 Å². The summed E-state index contributed by atoms with van der Waals surface area (Å²) in [7, 11) is 0. The lowest BCUT2D eigenvalue weighted by Gasteiger charge is -2.03. The normalized spacial score (nSPS) is 16.2. The van der Waals surface area contributed by atoms with Crippen LogP contribution in [0.5, 0.6) is 0 Å². The van der Waals surface area contributed by atoms with Crippen molar-refractivity contribution in [2.45, 2.75) is 31.6 Å². The van der Waals surface area contributed by atoms with E-state index >= 15 is 0 Å². The van der Waals surface area contributed by atoms with Crippen molar-refractivity contribution >= 4 is 22.1 Å². The SMILES string of the molecule is Nc1cc(-c2nn3c(C4CCCC4)nnc3s2)ccn1. The fraction of sp³-hybridized carbons (Fsp3) is 0.385. The van der Waals surface area contributed by atoms with E-state index in [1.165, 1.54) is 37.0 Å². The molecule has 4 rings (SSSR count). The molecule has 0 aromatic carbocycles. The van der Waals surface area contributed by atoms with Crippen LogP contribution in [0, 0.1) is 0 Å². The summed E-state index contributed by atoms with van der Waals surface area (Å²) >= 11 is 1.53. The Morgan fingerprint density at radius 2 is 2.10 bits per heavy atom. The molecule has 2 N–H and O–H groups in total. The number of hydrogen-bond donors (Lipinski definition) is 1. The Kier molecular flexibility index (Phi) is 2.66. The van der Waals surface area contributed by atoms with Gasteiger partial charge in [0.05, 0.1) is 0 Å². The average Bonchev–Trinajstić information content (AvgIpc) is 3.14. The topological polar surface area (TPSA) is 82.0 Å². The van der Waals surface area contributed by atoms with E-state index in [1.807, 2.05) is 16.6 Å². The minimum absolute atomic E-state index is 0.502. The molecule has 0 radical (unpaired) electrons. The zero-order valence-electron chi connectivity index (χ0n) is 10.9. The molecule has 6 nitrogen and oxygen atoms in total. The van der Waals surface area contributed by atoms with Gasteiger partial charge in [0, 0.05) is 17.7 Å². The molecule has 3 aromatic rings. The zero-order valence-corrected chi connectivity index (χ0v) is 11.7. The predicted octanol–water partition coefficient (Wildman–Crippen LogP) is 2.49. The van der Waals surface area contributed by atoms with Crippen molar-refractivity contribution in [3.05, 3.63) is 24.2 Å². The second-order valence-corrected chi connectivity index (χ2v) is 6.07. The van der Waals surface area contributed by atoms with Crippen molar-refractivity contribution in [1.29, 1.82) is 0 Å². The molecule has 7 heteroatoms. The summed E-state index contributed by atoms with van der Waals surface area (Å²) in [5, 5.41) is 14.1. The van der Waals surface area contributed by atoms with E-state index in [-0.39, 0.29) is 0 Å². The maximum Gasteiger partial charge on any atom is 0.234 e. The van der Waals surface area contributed by atoms with Crippen LogP contribution in [0.4, 0.5) is 5.82 Å². The molecule has 1 aliphatic rings. The first-order chi connectivity index (χ1) is 9.81. The summed E-state index contributed by atoms with van der Waals surface area (Å²) in [4.78, 5) is 4.85. The van der Waals surface area contributed by atoms with Gasteiger partial charge >= 0.3 is 0 Å². The summed E-state index contributed by atoms with van der Waals surface area (Å²) < 4.78 is 1.90. The molecule has 0 bridgehead atoms. The Labute approximate surface area is 119 Å². The zero-order chi connectivity index (χ0) is 13.5. The lowest BCUT2D eigenvalue weighted by Crippen LogP contribution is -2.01. The number of fused-ring (bicyclic) bond motifs is 1. The smallest absolute Gasteiger partial charge is 0.234 e. The number of pyridine rings is 1. The minimum atomic E-state index is 0.502. The number of nitrogens with two attached hydrogens (primary N) is 1. The van der Waals surface area contributed by atoms with Crippen LogP contribution in [0.15, 0.2) is 18.3 Å². The van der Waals surface area contributed by atoms with E-state index in [0.717, 1.165) is 21.4 Å². The van der Waals surface area contributed by atoms with Crippen LogP contribution < -0.4 is 5.73 Å². The summed E-state index contributed by atoms with van der Waals surface area (Å²) in [5.74, 6) is 2.01. The number of aromatic nitrogens is 5. The Bertz CT molecular complexity index is 755. The fourth-order valence-corrected chi connectivity index (χ4v) is 3.61. The minimum Gasteiger partial charge on any atom is -0.384 e. The molecule has 0 saturated heterocycles. The van der Waals surface area contributed by atoms with Gasteiger partial charge in [0.15, 0.2) is 5.82 Å². The highest BCUT2D eigenvalue weighted by atomic mass is 32.1. The van der Waals surface area contributed by atoms with Crippen molar-refractivity contribution in [2.24, 2.45) is 0 Å². The standard InChI is InChI=1S/C13H14N6S/c14-10-7-9(5-6-15-10)12-18-19-11(8-3-1-2-4-8)16-17-13(19)20-12/h5-8H,1-4H2,(H2,14,15). The molecule has 0 unspecified atom stereocenters. The van der Waals surface area contributed by atoms with Gasteiger partial charge in [-0.1, -0.05) is 24.2 Å². The van der Waals surface area contributed by atoms with Gasteiger partial charge in [0.2, 0.25) is 4.96 Å². The molecule has 3 heterocycles. The Hall–Kier alpha value is -2.02. The highest BCUT2D eigenvalue weighted by Crippen LogP contribution is 2.34. The second kappa shape index (κ2) is 4.52. The molecule has 20 heavy (non-hydrogen) atoms. The summed E-state index contributed by atoms with van der Waals surface area (Å²) in [6, 6.07) is 3.75. The van der Waals surface area contributed by atoms with Crippen LogP contribution in [0.1, 0.15) is 37.4 Å². The predicted molar refractivity (Wildman–Crippen MR) is 77.5 cm³/mol. The molecule has 0 atom stereocenters. The van der Waals surface area contributed by atoms with E-state index in [0.29, 0.717) is 11.7 Å². The van der Waals surface area contributed by atoms with Crippen LogP contribution >= 0.6 is 11.3 Å². The quantitative estimate of drug-likeness (QED) is 0.782. The largest absolute Gasteiger partial charge is 0.384 e. The Morgan fingerprint density at radius 3 is 2.90 bits per heavy atom. The third kappa shape index (κ3) is 1.85. The van der Waals surface area contributed by atoms with Crippen molar-refractivity contribution in [3.63, 3.8) is 0 Å². The average molecular weight is 286 g/mol. The van der Waals surface area contributed by atoms with Gasteiger partial charge in [-0.2, -0.15) is 9.61 Å². The first-order valence-corrected chi connectivity index (χ1v) is 7.57. The molecule has 1 saturated carbocycles. The number of rotatable bonds is 2. The lowest BCUT2D eigenvalue weighted by atomic mass is 10.1. The summed E-state index contributed by atoms with van der Waals surface area (Å²) in [6.45, 7) is 0. The first-order valence-electron chi connectivity index (χ1n) is 6.75. The van der Waals surface area contributed by atoms with Gasteiger partial charge in [0.25, 0.3) is 0 Å². The number of nitrogen functional groups attached to an aromatic ring is 1. The molecular weight excluding hydrogens is 272 g/mol. The molecular formula is C13H14N6S. The molecule has 102 valence electrons. The van der Waals surface area contributed by atoms with Crippen molar-refractivity contribution in [1.82, 2.24) is 24.8 Å². The van der Waals surface area contributed by atoms with E-state index in [9.17, 15) is 0 Å². The molecule has 0 amide bonds. The maximum absolute atomic E-state index is 5.73. The molecule has 1 aliphatic carbocycles. The van der Waals surface area contributed by atoms with Gasteiger partial charge in [-0.05, 0) is 25.0 Å². The first kappa shape index (κ1) is 11.8. The van der Waals surface area contributed by atoms with E-state index < -0.39 is 0 Å². The van der Waals surface area contributed by atoms with Gasteiger partial charge in [0.1, 0.15) is 10.8 Å². The summed E-state index contributed by atoms with van der Waals surface area (Å²) in [5.41, 5.74) is 6.70. The highest BCUT2D eigenvalue weighted by molar-refractivity contribution is 7.19. The third-order valence-electron chi connectivity index (χ3n) is 3.76. The van der Waals surface area contributed by atoms with E-state index in [4.69, 9.17) is 5.73 Å². The second-order valence-electron chi connectivity index (χ2n) is 5.11.